The van der Waals surface area contributed by atoms with Gasteiger partial charge in [-0.1, -0.05) is 39.0 Å². The zero-order valence-corrected chi connectivity index (χ0v) is 13.0. The molecular formula is C17H20FN3O. The Morgan fingerprint density at radius 3 is 2.50 bits per heavy atom. The summed E-state index contributed by atoms with van der Waals surface area (Å²) >= 11 is 0. The molecule has 1 aromatic heterocycles. The first kappa shape index (κ1) is 15.9. The van der Waals surface area contributed by atoms with E-state index in [0.29, 0.717) is 17.9 Å². The van der Waals surface area contributed by atoms with Gasteiger partial charge >= 0.3 is 0 Å². The number of carbonyl (C=O) groups excluding carboxylic acids is 1. The molecular weight excluding hydrogens is 281 g/mol. The summed E-state index contributed by atoms with van der Waals surface area (Å²) in [6.07, 6.45) is 1.61. The molecule has 0 aliphatic carbocycles. The second-order valence-electron chi connectivity index (χ2n) is 6.08. The van der Waals surface area contributed by atoms with Gasteiger partial charge < -0.3 is 10.6 Å². The molecule has 2 rings (SSSR count). The SMILES string of the molecule is CC(C)(C)C(=O)Nc1ccc(NCc2ccccc2F)cn1. The normalized spacial score (nSPS) is 11.1. The van der Waals surface area contributed by atoms with Crippen molar-refractivity contribution < 1.29 is 9.18 Å². The van der Waals surface area contributed by atoms with Crippen molar-refractivity contribution in [2.75, 3.05) is 10.6 Å². The number of aromatic nitrogens is 1. The molecule has 0 radical (unpaired) electrons. The van der Waals surface area contributed by atoms with E-state index in [1.54, 1.807) is 36.5 Å². The van der Waals surface area contributed by atoms with Gasteiger partial charge in [0.05, 0.1) is 11.9 Å². The lowest BCUT2D eigenvalue weighted by Gasteiger charge is -2.17. The molecule has 0 bridgehead atoms. The summed E-state index contributed by atoms with van der Waals surface area (Å²) in [6, 6.07) is 10.1. The van der Waals surface area contributed by atoms with E-state index in [0.717, 1.165) is 5.69 Å². The van der Waals surface area contributed by atoms with Crippen molar-refractivity contribution in [3.8, 4) is 0 Å². The Labute approximate surface area is 129 Å². The van der Waals surface area contributed by atoms with Crippen LogP contribution in [0.15, 0.2) is 42.6 Å². The maximum absolute atomic E-state index is 13.5. The van der Waals surface area contributed by atoms with Gasteiger partial charge in [-0.2, -0.15) is 0 Å². The van der Waals surface area contributed by atoms with Crippen molar-refractivity contribution in [1.29, 1.82) is 0 Å². The maximum Gasteiger partial charge on any atom is 0.230 e. The summed E-state index contributed by atoms with van der Waals surface area (Å²) in [6.45, 7) is 5.90. The van der Waals surface area contributed by atoms with Gasteiger partial charge in [0.15, 0.2) is 0 Å². The van der Waals surface area contributed by atoms with Crippen LogP contribution in [0.5, 0.6) is 0 Å². The van der Waals surface area contributed by atoms with Gasteiger partial charge in [-0.25, -0.2) is 9.37 Å². The maximum atomic E-state index is 13.5. The second-order valence-corrected chi connectivity index (χ2v) is 6.08. The van der Waals surface area contributed by atoms with E-state index < -0.39 is 5.41 Å². The molecule has 1 aromatic carbocycles. The summed E-state index contributed by atoms with van der Waals surface area (Å²) < 4.78 is 13.5. The van der Waals surface area contributed by atoms with E-state index in [9.17, 15) is 9.18 Å². The van der Waals surface area contributed by atoms with Crippen molar-refractivity contribution >= 4 is 17.4 Å². The number of rotatable bonds is 4. The number of carbonyl (C=O) groups is 1. The van der Waals surface area contributed by atoms with Gasteiger partial charge in [-0.3, -0.25) is 4.79 Å². The summed E-state index contributed by atoms with van der Waals surface area (Å²) in [5, 5.41) is 5.85. The second kappa shape index (κ2) is 6.56. The zero-order valence-electron chi connectivity index (χ0n) is 13.0. The average Bonchev–Trinajstić information content (AvgIpc) is 2.47. The van der Waals surface area contributed by atoms with E-state index in [1.807, 2.05) is 20.8 Å². The molecule has 0 saturated heterocycles. The fourth-order valence-electron chi connectivity index (χ4n) is 1.72. The topological polar surface area (TPSA) is 54.0 Å². The van der Waals surface area contributed by atoms with Crippen molar-refractivity contribution in [2.24, 2.45) is 5.41 Å². The molecule has 0 spiro atoms. The molecule has 2 aromatic rings. The number of anilines is 2. The Morgan fingerprint density at radius 2 is 1.91 bits per heavy atom. The molecule has 1 heterocycles. The smallest absolute Gasteiger partial charge is 0.230 e. The van der Waals surface area contributed by atoms with Crippen LogP contribution in [-0.2, 0) is 11.3 Å². The largest absolute Gasteiger partial charge is 0.380 e. The first-order valence-corrected chi connectivity index (χ1v) is 7.11. The van der Waals surface area contributed by atoms with Crippen LogP contribution in [0, 0.1) is 11.2 Å². The third-order valence-electron chi connectivity index (χ3n) is 3.13. The Morgan fingerprint density at radius 1 is 1.18 bits per heavy atom. The predicted molar refractivity (Wildman–Crippen MR) is 86.0 cm³/mol. The average molecular weight is 301 g/mol. The lowest BCUT2D eigenvalue weighted by atomic mass is 9.96. The van der Waals surface area contributed by atoms with E-state index in [4.69, 9.17) is 0 Å². The molecule has 0 fully saturated rings. The number of pyridine rings is 1. The van der Waals surface area contributed by atoms with Crippen molar-refractivity contribution in [2.45, 2.75) is 27.3 Å². The molecule has 5 heteroatoms. The molecule has 0 atom stereocenters. The van der Waals surface area contributed by atoms with Gasteiger partial charge in [0.25, 0.3) is 0 Å². The number of nitrogens with one attached hydrogen (secondary N) is 2. The van der Waals surface area contributed by atoms with Crippen LogP contribution in [0.1, 0.15) is 26.3 Å². The quantitative estimate of drug-likeness (QED) is 0.902. The van der Waals surface area contributed by atoms with E-state index >= 15 is 0 Å². The Kier molecular flexibility index (Phi) is 4.75. The van der Waals surface area contributed by atoms with Gasteiger partial charge in [0, 0.05) is 17.5 Å². The van der Waals surface area contributed by atoms with E-state index in [1.165, 1.54) is 6.07 Å². The van der Waals surface area contributed by atoms with Crippen LogP contribution in [0.3, 0.4) is 0 Å². The summed E-state index contributed by atoms with van der Waals surface area (Å²) in [4.78, 5) is 16.0. The van der Waals surface area contributed by atoms with Gasteiger partial charge in [0.1, 0.15) is 11.6 Å². The highest BCUT2D eigenvalue weighted by Crippen LogP contribution is 2.17. The molecule has 22 heavy (non-hydrogen) atoms. The minimum atomic E-state index is -0.469. The van der Waals surface area contributed by atoms with Crippen LogP contribution < -0.4 is 10.6 Å². The molecule has 4 nitrogen and oxygen atoms in total. The van der Waals surface area contributed by atoms with E-state index in [2.05, 4.69) is 15.6 Å². The molecule has 0 saturated carbocycles. The third kappa shape index (κ3) is 4.28. The Hall–Kier alpha value is -2.43. The minimum absolute atomic E-state index is 0.0907. The van der Waals surface area contributed by atoms with Crippen molar-refractivity contribution in [3.63, 3.8) is 0 Å². The minimum Gasteiger partial charge on any atom is -0.380 e. The van der Waals surface area contributed by atoms with Crippen LogP contribution >= 0.6 is 0 Å². The first-order chi connectivity index (χ1) is 10.4. The highest BCUT2D eigenvalue weighted by atomic mass is 19.1. The number of benzene rings is 1. The molecule has 0 unspecified atom stereocenters. The van der Waals surface area contributed by atoms with Gasteiger partial charge in [-0.15, -0.1) is 0 Å². The monoisotopic (exact) mass is 301 g/mol. The Bertz CT molecular complexity index is 648. The van der Waals surface area contributed by atoms with Crippen LogP contribution in [0.25, 0.3) is 0 Å². The van der Waals surface area contributed by atoms with Crippen LogP contribution in [-0.4, -0.2) is 10.9 Å². The number of amides is 1. The third-order valence-corrected chi connectivity index (χ3v) is 3.13. The molecule has 1 amide bonds. The Balaban J connectivity index is 1.95. The fraction of sp³-hybridized carbons (Fsp3) is 0.294. The first-order valence-electron chi connectivity index (χ1n) is 7.11. The standard InChI is InChI=1S/C17H20FN3O/c1-17(2,3)16(22)21-15-9-8-13(11-20-15)19-10-12-6-4-5-7-14(12)18/h4-9,11,19H,10H2,1-3H3,(H,20,21,22). The number of nitrogens with zero attached hydrogens (tertiary/aromatic N) is 1. The zero-order chi connectivity index (χ0) is 16.2. The number of hydrogen-bond donors (Lipinski definition) is 2. The summed E-state index contributed by atoms with van der Waals surface area (Å²) in [5.41, 5.74) is 0.883. The van der Waals surface area contributed by atoms with Gasteiger partial charge in [0.2, 0.25) is 5.91 Å². The molecule has 0 aliphatic rings. The fourth-order valence-corrected chi connectivity index (χ4v) is 1.72. The van der Waals surface area contributed by atoms with Crippen LogP contribution in [0.2, 0.25) is 0 Å². The van der Waals surface area contributed by atoms with Crippen molar-refractivity contribution in [1.82, 2.24) is 4.98 Å². The molecule has 2 N–H and O–H groups in total. The molecule has 116 valence electrons. The summed E-state index contributed by atoms with van der Waals surface area (Å²) in [5.74, 6) is 0.167. The van der Waals surface area contributed by atoms with Gasteiger partial charge in [-0.05, 0) is 18.2 Å². The predicted octanol–water partition coefficient (Wildman–Crippen LogP) is 3.82. The number of hydrogen-bond acceptors (Lipinski definition) is 3. The highest BCUT2D eigenvalue weighted by Gasteiger charge is 2.21. The lowest BCUT2D eigenvalue weighted by Crippen LogP contribution is -2.27. The molecule has 0 aliphatic heterocycles. The lowest BCUT2D eigenvalue weighted by molar-refractivity contribution is -0.123. The number of halogens is 1. The highest BCUT2D eigenvalue weighted by molar-refractivity contribution is 5.93. The van der Waals surface area contributed by atoms with Crippen molar-refractivity contribution in [3.05, 3.63) is 54.0 Å². The summed E-state index contributed by atoms with van der Waals surface area (Å²) in [7, 11) is 0. The van der Waals surface area contributed by atoms with Crippen LogP contribution in [0.4, 0.5) is 15.9 Å². The van der Waals surface area contributed by atoms with E-state index in [-0.39, 0.29) is 11.7 Å².